The van der Waals surface area contributed by atoms with E-state index in [1.807, 2.05) is 61.5 Å². The molecule has 0 spiro atoms. The average molecular weight is 440 g/mol. The molecule has 0 radical (unpaired) electrons. The molecular weight excluding hydrogens is 406 g/mol. The van der Waals surface area contributed by atoms with Crippen LogP contribution in [0.1, 0.15) is 83.6 Å². The zero-order valence-electron chi connectivity index (χ0n) is 19.7. The molecule has 0 bridgehead atoms. The van der Waals surface area contributed by atoms with Crippen LogP contribution in [0.15, 0.2) is 46.2 Å². The summed E-state index contributed by atoms with van der Waals surface area (Å²) in [7, 11) is -3.96. The fourth-order valence-electron chi connectivity index (χ4n) is 3.36. The Balaban J connectivity index is 2.69. The van der Waals surface area contributed by atoms with Gasteiger partial charge in [0.1, 0.15) is 16.7 Å². The van der Waals surface area contributed by atoms with Gasteiger partial charge in [0.05, 0.1) is 4.90 Å². The molecule has 0 aliphatic heterocycles. The Morgan fingerprint density at radius 1 is 0.968 bits per heavy atom. The third-order valence-corrected chi connectivity index (χ3v) is 6.98. The molecule has 1 N–H and O–H groups in total. The van der Waals surface area contributed by atoms with Gasteiger partial charge in [0.2, 0.25) is 9.84 Å². The highest BCUT2D eigenvalue weighted by Crippen LogP contribution is 2.40. The fraction of sp³-hybridized carbons (Fsp3) is 0.423. The van der Waals surface area contributed by atoms with Gasteiger partial charge in [-0.2, -0.15) is 5.26 Å². The van der Waals surface area contributed by atoms with Crippen molar-refractivity contribution >= 4 is 15.9 Å². The first-order valence-corrected chi connectivity index (χ1v) is 11.9. The van der Waals surface area contributed by atoms with E-state index in [2.05, 4.69) is 0 Å². The lowest BCUT2D eigenvalue weighted by molar-refractivity contribution is 0.423. The van der Waals surface area contributed by atoms with E-state index in [-0.39, 0.29) is 32.3 Å². The van der Waals surface area contributed by atoms with Crippen LogP contribution in [-0.2, 0) is 20.7 Å². The Morgan fingerprint density at radius 3 is 1.77 bits per heavy atom. The van der Waals surface area contributed by atoms with Gasteiger partial charge in [0.15, 0.2) is 0 Å². The van der Waals surface area contributed by atoms with Crippen molar-refractivity contribution in [1.29, 1.82) is 5.26 Å². The number of phenolic OH excluding ortho intramolecular Hbond substituents is 1. The van der Waals surface area contributed by atoms with Crippen LogP contribution in [0.2, 0.25) is 0 Å². The van der Waals surface area contributed by atoms with Crippen molar-refractivity contribution in [3.05, 3.63) is 63.6 Å². The molecule has 0 aromatic heterocycles. The van der Waals surface area contributed by atoms with Gasteiger partial charge < -0.3 is 5.11 Å². The molecule has 31 heavy (non-hydrogen) atoms. The monoisotopic (exact) mass is 439 g/mol. The van der Waals surface area contributed by atoms with Crippen LogP contribution in [0.5, 0.6) is 5.75 Å². The minimum absolute atomic E-state index is 0.0931. The van der Waals surface area contributed by atoms with Crippen LogP contribution in [-0.4, -0.2) is 13.5 Å². The zero-order chi connectivity index (χ0) is 23.8. The second-order valence-corrected chi connectivity index (χ2v) is 12.2. The quantitative estimate of drug-likeness (QED) is 0.555. The van der Waals surface area contributed by atoms with E-state index >= 15 is 0 Å². The maximum atomic E-state index is 13.1. The topological polar surface area (TPSA) is 78.2 Å². The van der Waals surface area contributed by atoms with Crippen LogP contribution in [0, 0.1) is 11.3 Å². The van der Waals surface area contributed by atoms with Crippen LogP contribution >= 0.6 is 0 Å². The van der Waals surface area contributed by atoms with Crippen LogP contribution in [0.25, 0.3) is 6.08 Å². The third-order valence-electron chi connectivity index (χ3n) is 5.30. The van der Waals surface area contributed by atoms with Crippen molar-refractivity contribution in [3.8, 4) is 11.8 Å². The Morgan fingerprint density at radius 2 is 1.42 bits per heavy atom. The van der Waals surface area contributed by atoms with Gasteiger partial charge in [-0.05, 0) is 58.2 Å². The first-order chi connectivity index (χ1) is 14.1. The molecule has 2 aromatic carbocycles. The molecule has 0 saturated carbocycles. The molecule has 0 aliphatic rings. The summed E-state index contributed by atoms with van der Waals surface area (Å²) in [6.07, 6.45) is 1.40. The number of hydrogen-bond acceptors (Lipinski definition) is 4. The van der Waals surface area contributed by atoms with Crippen LogP contribution < -0.4 is 0 Å². The second-order valence-electron chi connectivity index (χ2n) is 10.3. The number of nitriles is 1. The van der Waals surface area contributed by atoms with Crippen molar-refractivity contribution in [1.82, 2.24) is 0 Å². The Bertz CT molecular complexity index is 1100. The maximum Gasteiger partial charge on any atom is 0.216 e. The highest BCUT2D eigenvalue weighted by Gasteiger charge is 2.27. The molecule has 2 aromatic rings. The SMILES string of the molecule is CC(C)c1ccc(S(=O)(=O)C(C#N)=Cc2cc(C(C)(C)C)c(O)c(C(C)(C)C)c2)cc1. The van der Waals surface area contributed by atoms with Gasteiger partial charge in [-0.1, -0.05) is 67.5 Å². The number of hydrogen-bond donors (Lipinski definition) is 1. The van der Waals surface area contributed by atoms with Gasteiger partial charge in [-0.3, -0.25) is 0 Å². The molecule has 0 aliphatic carbocycles. The summed E-state index contributed by atoms with van der Waals surface area (Å²) in [4.78, 5) is -0.231. The molecule has 0 unspecified atom stereocenters. The third kappa shape index (κ3) is 5.37. The summed E-state index contributed by atoms with van der Waals surface area (Å²) in [5.41, 5.74) is 2.32. The molecular formula is C26H33NO3S. The number of sulfone groups is 1. The largest absolute Gasteiger partial charge is 0.507 e. The van der Waals surface area contributed by atoms with Crippen molar-refractivity contribution in [3.63, 3.8) is 0 Å². The molecule has 0 heterocycles. The number of nitrogens with zero attached hydrogens (tertiary/aromatic N) is 1. The van der Waals surface area contributed by atoms with Crippen molar-refractivity contribution < 1.29 is 13.5 Å². The van der Waals surface area contributed by atoms with E-state index in [4.69, 9.17) is 0 Å². The lowest BCUT2D eigenvalue weighted by Gasteiger charge is -2.28. The first-order valence-electron chi connectivity index (χ1n) is 10.4. The van der Waals surface area contributed by atoms with E-state index in [1.165, 1.54) is 6.08 Å². The van der Waals surface area contributed by atoms with E-state index in [0.29, 0.717) is 16.7 Å². The van der Waals surface area contributed by atoms with E-state index in [9.17, 15) is 18.8 Å². The van der Waals surface area contributed by atoms with Crippen molar-refractivity contribution in [2.24, 2.45) is 0 Å². The minimum atomic E-state index is -3.96. The fourth-order valence-corrected chi connectivity index (χ4v) is 4.52. The predicted octanol–water partition coefficient (Wildman–Crippen LogP) is 6.45. The molecule has 0 saturated heterocycles. The normalized spacial score (nSPS) is 13.4. The molecule has 5 heteroatoms. The lowest BCUT2D eigenvalue weighted by atomic mass is 9.78. The lowest BCUT2D eigenvalue weighted by Crippen LogP contribution is -2.17. The van der Waals surface area contributed by atoms with Gasteiger partial charge in [0.25, 0.3) is 0 Å². The molecule has 166 valence electrons. The van der Waals surface area contributed by atoms with Gasteiger partial charge in [-0.25, -0.2) is 8.42 Å². The Labute approximate surface area is 187 Å². The van der Waals surface area contributed by atoms with Crippen molar-refractivity contribution in [2.45, 2.75) is 77.0 Å². The Kier molecular flexibility index (Phi) is 6.78. The smallest absolute Gasteiger partial charge is 0.216 e. The second kappa shape index (κ2) is 8.51. The number of allylic oxidation sites excluding steroid dienone is 1. The predicted molar refractivity (Wildman–Crippen MR) is 127 cm³/mol. The van der Waals surface area contributed by atoms with Crippen molar-refractivity contribution in [2.75, 3.05) is 0 Å². The van der Waals surface area contributed by atoms with Crippen LogP contribution in [0.3, 0.4) is 0 Å². The molecule has 0 amide bonds. The summed E-state index contributed by atoms with van der Waals surface area (Å²) in [5.74, 6) is 0.495. The van der Waals surface area contributed by atoms with Crippen LogP contribution in [0.4, 0.5) is 0 Å². The standard InChI is InChI=1S/C26H33NO3S/c1-17(2)19-9-11-20(12-10-19)31(29,30)21(16-27)13-18-14-22(25(3,4)5)24(28)23(15-18)26(6,7)8/h9-15,17,28H,1-8H3. The van der Waals surface area contributed by atoms with E-state index < -0.39 is 9.84 Å². The number of rotatable bonds is 4. The van der Waals surface area contributed by atoms with E-state index in [1.54, 1.807) is 36.4 Å². The highest BCUT2D eigenvalue weighted by molar-refractivity contribution is 7.95. The average Bonchev–Trinajstić information content (AvgIpc) is 2.65. The highest BCUT2D eigenvalue weighted by atomic mass is 32.2. The summed E-state index contributed by atoms with van der Waals surface area (Å²) < 4.78 is 26.3. The molecule has 0 fully saturated rings. The zero-order valence-corrected chi connectivity index (χ0v) is 20.6. The number of aromatic hydroxyl groups is 1. The summed E-state index contributed by atoms with van der Waals surface area (Å²) >= 11 is 0. The number of benzene rings is 2. The minimum Gasteiger partial charge on any atom is -0.507 e. The maximum absolute atomic E-state index is 13.1. The summed E-state index contributed by atoms with van der Waals surface area (Å²) in [6.45, 7) is 16.0. The molecule has 0 atom stereocenters. The summed E-state index contributed by atoms with van der Waals surface area (Å²) in [6, 6.07) is 12.1. The Hall–Kier alpha value is -2.58. The van der Waals surface area contributed by atoms with Gasteiger partial charge in [0, 0.05) is 11.1 Å². The molecule has 2 rings (SSSR count). The number of phenols is 1. The summed E-state index contributed by atoms with van der Waals surface area (Å²) in [5, 5.41) is 20.6. The van der Waals surface area contributed by atoms with E-state index in [0.717, 1.165) is 5.56 Å². The first kappa shape index (κ1) is 24.7. The van der Waals surface area contributed by atoms with Gasteiger partial charge in [-0.15, -0.1) is 0 Å². The molecule has 4 nitrogen and oxygen atoms in total. The van der Waals surface area contributed by atoms with Gasteiger partial charge >= 0.3 is 0 Å².